The van der Waals surface area contributed by atoms with E-state index in [1.807, 2.05) is 18.2 Å². The van der Waals surface area contributed by atoms with Gasteiger partial charge in [-0.15, -0.1) is 0 Å². The van der Waals surface area contributed by atoms with Crippen molar-refractivity contribution in [2.24, 2.45) is 0 Å². The van der Waals surface area contributed by atoms with Crippen LogP contribution in [0.15, 0.2) is 30.3 Å². The van der Waals surface area contributed by atoms with Crippen LogP contribution < -0.4 is 20.1 Å². The van der Waals surface area contributed by atoms with Gasteiger partial charge in [-0.1, -0.05) is 23.2 Å². The summed E-state index contributed by atoms with van der Waals surface area (Å²) in [6.07, 6.45) is 0.462. The molecule has 1 unspecified atom stereocenters. The van der Waals surface area contributed by atoms with Gasteiger partial charge in [0.2, 0.25) is 5.91 Å². The topological polar surface area (TPSA) is 62.8 Å². The highest BCUT2D eigenvalue weighted by molar-refractivity contribution is 6.42. The number of hydrogen-bond donors (Lipinski definition) is 2. The molecule has 6 nitrogen and oxygen atoms in total. The molecule has 0 radical (unpaired) electrons. The number of fused-ring (bicyclic) bond motifs is 1. The van der Waals surface area contributed by atoms with Gasteiger partial charge in [-0.3, -0.25) is 9.69 Å². The number of methoxy groups -OCH3 is 1. The number of anilines is 2. The maximum absolute atomic E-state index is 13.0. The molecule has 1 heterocycles. The second-order valence-electron chi connectivity index (χ2n) is 10.5. The van der Waals surface area contributed by atoms with E-state index in [1.165, 1.54) is 0 Å². The zero-order chi connectivity index (χ0) is 25.3. The van der Waals surface area contributed by atoms with E-state index in [4.69, 9.17) is 32.7 Å². The zero-order valence-electron chi connectivity index (χ0n) is 21.0. The molecule has 2 aromatic rings. The lowest BCUT2D eigenvalue weighted by Crippen LogP contribution is -2.53. The molecule has 1 atom stereocenters. The summed E-state index contributed by atoms with van der Waals surface area (Å²) in [5.74, 6) is 1.07. The van der Waals surface area contributed by atoms with E-state index in [0.29, 0.717) is 40.3 Å². The average Bonchev–Trinajstić information content (AvgIpc) is 3.17. The fraction of sp³-hybridized carbons (Fsp3) is 0.500. The van der Waals surface area contributed by atoms with Crippen molar-refractivity contribution in [3.05, 3.63) is 45.9 Å². The summed E-state index contributed by atoms with van der Waals surface area (Å²) in [7, 11) is 1.59. The lowest BCUT2D eigenvalue weighted by Gasteiger charge is -2.45. The first-order chi connectivity index (χ1) is 15.8. The number of rotatable bonds is 7. The quantitative estimate of drug-likeness (QED) is 0.463. The van der Waals surface area contributed by atoms with Crippen molar-refractivity contribution in [1.82, 2.24) is 4.90 Å². The van der Waals surface area contributed by atoms with Gasteiger partial charge < -0.3 is 20.1 Å². The second-order valence-corrected chi connectivity index (χ2v) is 11.3. The van der Waals surface area contributed by atoms with Gasteiger partial charge in [-0.2, -0.15) is 0 Å². The molecule has 2 N–H and O–H groups in total. The molecule has 0 fully saturated rings. The summed E-state index contributed by atoms with van der Waals surface area (Å²) in [5.41, 5.74) is 2.30. The Morgan fingerprint density at radius 3 is 2.35 bits per heavy atom. The lowest BCUT2D eigenvalue weighted by atomic mass is 9.96. The molecule has 1 amide bonds. The molecule has 1 aliphatic rings. The van der Waals surface area contributed by atoms with Crippen LogP contribution in [0.3, 0.4) is 0 Å². The smallest absolute Gasteiger partial charge is 0.247 e. The van der Waals surface area contributed by atoms with Crippen LogP contribution in [0.4, 0.5) is 11.4 Å². The van der Waals surface area contributed by atoms with Crippen molar-refractivity contribution < 1.29 is 14.3 Å². The number of carbonyl (C=O) groups is 1. The Labute approximate surface area is 212 Å². The fourth-order valence-electron chi connectivity index (χ4n) is 4.53. The molecular weight excluding hydrogens is 473 g/mol. The van der Waals surface area contributed by atoms with E-state index in [1.54, 1.807) is 19.2 Å². The Morgan fingerprint density at radius 2 is 1.74 bits per heavy atom. The normalized spacial score (nSPS) is 15.6. The van der Waals surface area contributed by atoms with E-state index in [-0.39, 0.29) is 17.0 Å². The van der Waals surface area contributed by atoms with Gasteiger partial charge in [-0.25, -0.2) is 0 Å². The first-order valence-electron chi connectivity index (χ1n) is 11.4. The standard InChI is InChI=1S/C26H35Cl2N3O3/c1-25(2,3)31(26(4,5)6)10-11-34-18-13-16(12-17(14-18)33-7)29-24(32)22-15-19-21(30-22)9-8-20(27)23(19)28/h8-9,12-14,22,30H,10-11,15H2,1-7H3,(H,29,32). The van der Waals surface area contributed by atoms with Gasteiger partial charge in [0.25, 0.3) is 0 Å². The largest absolute Gasteiger partial charge is 0.497 e. The van der Waals surface area contributed by atoms with Gasteiger partial charge in [0.05, 0.1) is 17.2 Å². The number of halogens is 2. The summed E-state index contributed by atoms with van der Waals surface area (Å²) in [5, 5.41) is 7.15. The summed E-state index contributed by atoms with van der Waals surface area (Å²) >= 11 is 12.4. The van der Waals surface area contributed by atoms with Crippen LogP contribution in [0.1, 0.15) is 47.1 Å². The first-order valence-corrected chi connectivity index (χ1v) is 12.2. The van der Waals surface area contributed by atoms with E-state index in [9.17, 15) is 4.79 Å². The number of benzene rings is 2. The highest BCUT2D eigenvalue weighted by Gasteiger charge is 2.31. The van der Waals surface area contributed by atoms with E-state index < -0.39 is 6.04 Å². The monoisotopic (exact) mass is 507 g/mol. The minimum atomic E-state index is -0.450. The molecule has 0 aromatic heterocycles. The predicted octanol–water partition coefficient (Wildman–Crippen LogP) is 6.26. The Bertz CT molecular complexity index is 1030. The van der Waals surface area contributed by atoms with Gasteiger partial charge in [0.15, 0.2) is 0 Å². The SMILES string of the molecule is COc1cc(NC(=O)C2Cc3c(ccc(Cl)c3Cl)N2)cc(OCCN(C(C)(C)C)C(C)(C)C)c1. The van der Waals surface area contributed by atoms with Crippen LogP contribution in [-0.4, -0.2) is 48.2 Å². The van der Waals surface area contributed by atoms with Crippen LogP contribution in [0.25, 0.3) is 0 Å². The minimum Gasteiger partial charge on any atom is -0.497 e. The van der Waals surface area contributed by atoms with E-state index in [2.05, 4.69) is 57.1 Å². The Kier molecular flexibility index (Phi) is 7.96. The van der Waals surface area contributed by atoms with Crippen molar-refractivity contribution in [3.63, 3.8) is 0 Å². The summed E-state index contributed by atoms with van der Waals surface area (Å²) in [6.45, 7) is 14.5. The number of hydrogen-bond acceptors (Lipinski definition) is 5. The maximum Gasteiger partial charge on any atom is 0.247 e. The molecule has 2 aromatic carbocycles. The molecule has 186 valence electrons. The third-order valence-electron chi connectivity index (χ3n) is 5.84. The Morgan fingerprint density at radius 1 is 1.09 bits per heavy atom. The molecule has 0 aliphatic carbocycles. The molecule has 0 bridgehead atoms. The lowest BCUT2D eigenvalue weighted by molar-refractivity contribution is -0.116. The predicted molar refractivity (Wildman–Crippen MR) is 141 cm³/mol. The van der Waals surface area contributed by atoms with Gasteiger partial charge in [-0.05, 0) is 59.2 Å². The van der Waals surface area contributed by atoms with Crippen LogP contribution in [0, 0.1) is 0 Å². The molecule has 0 spiro atoms. The number of carbonyl (C=O) groups excluding carboxylic acids is 1. The molecule has 0 saturated carbocycles. The molecule has 8 heteroatoms. The molecule has 34 heavy (non-hydrogen) atoms. The Balaban J connectivity index is 1.67. The van der Waals surface area contributed by atoms with Gasteiger partial charge in [0.1, 0.15) is 24.1 Å². The zero-order valence-corrected chi connectivity index (χ0v) is 22.5. The van der Waals surface area contributed by atoms with Crippen molar-refractivity contribution in [2.45, 2.75) is 65.1 Å². The summed E-state index contributed by atoms with van der Waals surface area (Å²) < 4.78 is 11.5. The van der Waals surface area contributed by atoms with Crippen LogP contribution >= 0.6 is 23.2 Å². The van der Waals surface area contributed by atoms with Crippen molar-refractivity contribution >= 4 is 40.5 Å². The molecular formula is C26H35Cl2N3O3. The number of amides is 1. The average molecular weight is 508 g/mol. The van der Waals surface area contributed by atoms with Gasteiger partial charge >= 0.3 is 0 Å². The van der Waals surface area contributed by atoms with E-state index in [0.717, 1.165) is 17.8 Å². The minimum absolute atomic E-state index is 0.00804. The summed E-state index contributed by atoms with van der Waals surface area (Å²) in [6, 6.07) is 8.51. The van der Waals surface area contributed by atoms with Crippen LogP contribution in [-0.2, 0) is 11.2 Å². The maximum atomic E-state index is 13.0. The second kappa shape index (κ2) is 10.2. The van der Waals surface area contributed by atoms with Crippen molar-refractivity contribution in [2.75, 3.05) is 30.9 Å². The molecule has 0 saturated heterocycles. The third-order valence-corrected chi connectivity index (χ3v) is 6.68. The van der Waals surface area contributed by atoms with Crippen LogP contribution in [0.5, 0.6) is 11.5 Å². The molecule has 3 rings (SSSR count). The fourth-order valence-corrected chi connectivity index (χ4v) is 4.95. The van der Waals surface area contributed by atoms with Crippen LogP contribution in [0.2, 0.25) is 10.0 Å². The summed E-state index contributed by atoms with van der Waals surface area (Å²) in [4.78, 5) is 15.4. The highest BCUT2D eigenvalue weighted by atomic mass is 35.5. The highest BCUT2D eigenvalue weighted by Crippen LogP contribution is 2.37. The van der Waals surface area contributed by atoms with Crippen molar-refractivity contribution in [3.8, 4) is 11.5 Å². The molecule has 1 aliphatic heterocycles. The van der Waals surface area contributed by atoms with E-state index >= 15 is 0 Å². The van der Waals surface area contributed by atoms with Crippen molar-refractivity contribution in [1.29, 1.82) is 0 Å². The van der Waals surface area contributed by atoms with Gasteiger partial charge in [0, 0.05) is 53.6 Å². The Hall–Kier alpha value is -2.15. The number of nitrogens with one attached hydrogen (secondary N) is 2. The third kappa shape index (κ3) is 6.29. The first kappa shape index (κ1) is 26.5. The number of ether oxygens (including phenoxy) is 2. The number of nitrogens with zero attached hydrogens (tertiary/aromatic N) is 1.